The standard InChI is InChI=1S/C18H15N5O3/c24-16-10-15(22-18-19-11-20-23(16)18)17(25)21-12-6-8-14(9-7-12)26-13-4-2-1-3-5-13/h1-9,11,15H,10H2,(H,21,25)(H,19,20,22)/t15-/m1/s1. The lowest BCUT2D eigenvalue weighted by molar-refractivity contribution is -0.117. The number of rotatable bonds is 4. The maximum Gasteiger partial charge on any atom is 0.252 e. The van der Waals surface area contributed by atoms with Crippen LogP contribution in [0.25, 0.3) is 0 Å². The van der Waals surface area contributed by atoms with Gasteiger partial charge in [-0.1, -0.05) is 18.2 Å². The van der Waals surface area contributed by atoms with Gasteiger partial charge in [0.2, 0.25) is 11.9 Å². The van der Waals surface area contributed by atoms with Crippen molar-refractivity contribution in [1.29, 1.82) is 0 Å². The number of hydrogen-bond acceptors (Lipinski definition) is 6. The highest BCUT2D eigenvalue weighted by Gasteiger charge is 2.30. The van der Waals surface area contributed by atoms with E-state index in [2.05, 4.69) is 20.7 Å². The molecule has 1 aliphatic heterocycles. The number of aromatic nitrogens is 3. The highest BCUT2D eigenvalue weighted by atomic mass is 16.5. The zero-order valence-electron chi connectivity index (χ0n) is 13.6. The fraction of sp³-hybridized carbons (Fsp3) is 0.111. The molecule has 130 valence electrons. The lowest BCUT2D eigenvalue weighted by Gasteiger charge is -2.22. The van der Waals surface area contributed by atoms with Crippen LogP contribution in [-0.4, -0.2) is 32.6 Å². The SMILES string of the molecule is O=C(Nc1ccc(Oc2ccccc2)cc1)[C@H]1CC(=O)n2ncnc2N1. The topological polar surface area (TPSA) is 98.1 Å². The predicted molar refractivity (Wildman–Crippen MR) is 94.3 cm³/mol. The Kier molecular flexibility index (Phi) is 4.06. The molecular weight excluding hydrogens is 334 g/mol. The third-order valence-corrected chi connectivity index (χ3v) is 3.88. The molecule has 0 aliphatic carbocycles. The van der Waals surface area contributed by atoms with Crippen LogP contribution in [0.4, 0.5) is 11.6 Å². The Morgan fingerprint density at radius 1 is 1.12 bits per heavy atom. The first-order chi connectivity index (χ1) is 12.7. The molecule has 4 rings (SSSR count). The first kappa shape index (κ1) is 15.8. The Morgan fingerprint density at radius 2 is 1.85 bits per heavy atom. The van der Waals surface area contributed by atoms with Crippen LogP contribution in [0.15, 0.2) is 60.9 Å². The Labute approximate surface area is 148 Å². The van der Waals surface area contributed by atoms with Gasteiger partial charge in [0, 0.05) is 5.69 Å². The van der Waals surface area contributed by atoms with E-state index >= 15 is 0 Å². The summed E-state index contributed by atoms with van der Waals surface area (Å²) in [5.74, 6) is 1.08. The van der Waals surface area contributed by atoms with Gasteiger partial charge < -0.3 is 15.4 Å². The summed E-state index contributed by atoms with van der Waals surface area (Å²) in [5.41, 5.74) is 0.608. The molecule has 2 aromatic carbocycles. The number of carbonyl (C=O) groups excluding carboxylic acids is 2. The van der Waals surface area contributed by atoms with E-state index in [1.54, 1.807) is 24.3 Å². The third-order valence-electron chi connectivity index (χ3n) is 3.88. The Morgan fingerprint density at radius 3 is 2.62 bits per heavy atom. The van der Waals surface area contributed by atoms with Crippen LogP contribution in [0.2, 0.25) is 0 Å². The molecule has 26 heavy (non-hydrogen) atoms. The fourth-order valence-corrected chi connectivity index (χ4v) is 2.61. The summed E-state index contributed by atoms with van der Waals surface area (Å²) in [6, 6.07) is 15.7. The van der Waals surface area contributed by atoms with Crippen molar-refractivity contribution >= 4 is 23.5 Å². The number of anilines is 2. The van der Waals surface area contributed by atoms with Crippen molar-refractivity contribution in [3.05, 3.63) is 60.9 Å². The second-order valence-electron chi connectivity index (χ2n) is 5.72. The van der Waals surface area contributed by atoms with Crippen LogP contribution in [0.3, 0.4) is 0 Å². The molecule has 0 unspecified atom stereocenters. The molecule has 1 aliphatic rings. The molecule has 0 spiro atoms. The van der Waals surface area contributed by atoms with Gasteiger partial charge in [0.25, 0.3) is 5.91 Å². The molecule has 1 atom stereocenters. The number of amides is 1. The van der Waals surface area contributed by atoms with E-state index in [9.17, 15) is 9.59 Å². The Hall–Kier alpha value is -3.68. The van der Waals surface area contributed by atoms with Crippen molar-refractivity contribution in [1.82, 2.24) is 14.8 Å². The van der Waals surface area contributed by atoms with E-state index in [-0.39, 0.29) is 24.2 Å². The van der Waals surface area contributed by atoms with Crippen molar-refractivity contribution in [3.8, 4) is 11.5 Å². The van der Waals surface area contributed by atoms with Crippen molar-refractivity contribution in [2.75, 3.05) is 10.6 Å². The molecule has 0 saturated carbocycles. The van der Waals surface area contributed by atoms with Gasteiger partial charge in [0.15, 0.2) is 0 Å². The highest BCUT2D eigenvalue weighted by molar-refractivity contribution is 6.01. The van der Waals surface area contributed by atoms with Crippen LogP contribution in [0.5, 0.6) is 11.5 Å². The summed E-state index contributed by atoms with van der Waals surface area (Å²) in [4.78, 5) is 28.3. The first-order valence-electron chi connectivity index (χ1n) is 8.02. The molecule has 0 saturated heterocycles. The summed E-state index contributed by atoms with van der Waals surface area (Å²) >= 11 is 0. The summed E-state index contributed by atoms with van der Waals surface area (Å²) < 4.78 is 6.86. The third kappa shape index (κ3) is 3.25. The molecule has 1 aromatic heterocycles. The summed E-state index contributed by atoms with van der Waals surface area (Å²) in [6.07, 6.45) is 1.28. The molecule has 1 amide bonds. The number of ether oxygens (including phenoxy) is 1. The van der Waals surface area contributed by atoms with Gasteiger partial charge in [0.1, 0.15) is 23.9 Å². The van der Waals surface area contributed by atoms with E-state index in [1.165, 1.54) is 6.33 Å². The summed E-state index contributed by atoms with van der Waals surface area (Å²) in [5, 5.41) is 9.49. The first-order valence-corrected chi connectivity index (χ1v) is 8.02. The lowest BCUT2D eigenvalue weighted by Crippen LogP contribution is -2.42. The van der Waals surface area contributed by atoms with Crippen LogP contribution in [0, 0.1) is 0 Å². The maximum atomic E-state index is 12.4. The van der Waals surface area contributed by atoms with Gasteiger partial charge in [-0.3, -0.25) is 9.59 Å². The summed E-state index contributed by atoms with van der Waals surface area (Å²) in [7, 11) is 0. The van der Waals surface area contributed by atoms with Crippen molar-refractivity contribution in [2.24, 2.45) is 0 Å². The van der Waals surface area contributed by atoms with Crippen LogP contribution < -0.4 is 15.4 Å². The van der Waals surface area contributed by atoms with Crippen molar-refractivity contribution in [2.45, 2.75) is 12.5 Å². The van der Waals surface area contributed by atoms with Gasteiger partial charge in [0.05, 0.1) is 6.42 Å². The quantitative estimate of drug-likeness (QED) is 0.751. The molecule has 0 radical (unpaired) electrons. The van der Waals surface area contributed by atoms with E-state index in [0.717, 1.165) is 10.4 Å². The van der Waals surface area contributed by atoms with E-state index in [0.29, 0.717) is 11.4 Å². The molecule has 2 N–H and O–H groups in total. The average molecular weight is 349 g/mol. The van der Waals surface area contributed by atoms with E-state index in [1.807, 2.05) is 30.3 Å². The molecule has 2 heterocycles. The Balaban J connectivity index is 1.40. The smallest absolute Gasteiger partial charge is 0.252 e. The second-order valence-corrected chi connectivity index (χ2v) is 5.72. The minimum absolute atomic E-state index is 0.0113. The molecular formula is C18H15N5O3. The number of fused-ring (bicyclic) bond motifs is 1. The zero-order chi connectivity index (χ0) is 17.9. The molecule has 3 aromatic rings. The number of nitrogens with one attached hydrogen (secondary N) is 2. The second kappa shape index (κ2) is 6.67. The largest absolute Gasteiger partial charge is 0.457 e. The maximum absolute atomic E-state index is 12.4. The van der Waals surface area contributed by atoms with Gasteiger partial charge in [-0.15, -0.1) is 0 Å². The van der Waals surface area contributed by atoms with Crippen molar-refractivity contribution < 1.29 is 14.3 Å². The van der Waals surface area contributed by atoms with Gasteiger partial charge in [-0.25, -0.2) is 0 Å². The number of carbonyl (C=O) groups is 2. The number of hydrogen-bond donors (Lipinski definition) is 2. The monoisotopic (exact) mass is 349 g/mol. The predicted octanol–water partition coefficient (Wildman–Crippen LogP) is 2.53. The molecule has 8 heteroatoms. The molecule has 0 fully saturated rings. The number of para-hydroxylation sites is 1. The number of nitrogens with zero attached hydrogens (tertiary/aromatic N) is 3. The van der Waals surface area contributed by atoms with Crippen LogP contribution >= 0.6 is 0 Å². The van der Waals surface area contributed by atoms with E-state index in [4.69, 9.17) is 4.74 Å². The lowest BCUT2D eigenvalue weighted by atomic mass is 10.1. The fourth-order valence-electron chi connectivity index (χ4n) is 2.61. The minimum Gasteiger partial charge on any atom is -0.457 e. The van der Waals surface area contributed by atoms with Gasteiger partial charge in [-0.05, 0) is 36.4 Å². The number of benzene rings is 2. The van der Waals surface area contributed by atoms with Crippen LogP contribution in [0.1, 0.15) is 11.2 Å². The average Bonchev–Trinajstić information content (AvgIpc) is 3.13. The van der Waals surface area contributed by atoms with Crippen LogP contribution in [-0.2, 0) is 4.79 Å². The molecule has 0 bridgehead atoms. The minimum atomic E-state index is -0.695. The van der Waals surface area contributed by atoms with Gasteiger partial charge >= 0.3 is 0 Å². The normalized spacial score (nSPS) is 15.7. The zero-order valence-corrected chi connectivity index (χ0v) is 13.6. The summed E-state index contributed by atoms with van der Waals surface area (Å²) in [6.45, 7) is 0. The molecule has 8 nitrogen and oxygen atoms in total. The van der Waals surface area contributed by atoms with Gasteiger partial charge in [-0.2, -0.15) is 14.8 Å². The highest BCUT2D eigenvalue weighted by Crippen LogP contribution is 2.23. The van der Waals surface area contributed by atoms with Crippen molar-refractivity contribution in [3.63, 3.8) is 0 Å². The Bertz CT molecular complexity index is 937. The van der Waals surface area contributed by atoms with E-state index < -0.39 is 6.04 Å².